The van der Waals surface area contributed by atoms with Gasteiger partial charge in [0.15, 0.2) is 6.61 Å². The highest BCUT2D eigenvalue weighted by atomic mass is 16.5. The van der Waals surface area contributed by atoms with Crippen LogP contribution in [0.2, 0.25) is 0 Å². The van der Waals surface area contributed by atoms with Crippen LogP contribution in [0.3, 0.4) is 0 Å². The van der Waals surface area contributed by atoms with Crippen LogP contribution >= 0.6 is 0 Å². The van der Waals surface area contributed by atoms with E-state index < -0.39 is 5.60 Å². The Kier molecular flexibility index (Phi) is 5.60. The molecule has 1 aromatic carbocycles. The first-order chi connectivity index (χ1) is 10.1. The lowest BCUT2D eigenvalue weighted by Crippen LogP contribution is -2.43. The second kappa shape index (κ2) is 7.44. The molecule has 0 unspecified atom stereocenters. The molecule has 0 radical (unpaired) electrons. The number of hydrogen-bond acceptors (Lipinski definition) is 4. The van der Waals surface area contributed by atoms with E-state index in [2.05, 4.69) is 12.2 Å². The Balaban J connectivity index is 1.79. The summed E-state index contributed by atoms with van der Waals surface area (Å²) >= 11 is 0. The lowest BCUT2D eigenvalue weighted by Gasteiger charge is -2.35. The lowest BCUT2D eigenvalue weighted by molar-refractivity contribution is -0.00630. The van der Waals surface area contributed by atoms with Crippen molar-refractivity contribution >= 4 is 0 Å². The Labute approximate surface area is 126 Å². The highest BCUT2D eigenvalue weighted by Crippen LogP contribution is 2.31. The van der Waals surface area contributed by atoms with E-state index in [1.165, 1.54) is 0 Å². The van der Waals surface area contributed by atoms with Crippen molar-refractivity contribution in [1.82, 2.24) is 5.32 Å². The molecule has 0 bridgehead atoms. The van der Waals surface area contributed by atoms with E-state index in [9.17, 15) is 5.11 Å². The summed E-state index contributed by atoms with van der Waals surface area (Å²) in [4.78, 5) is 0. The highest BCUT2D eigenvalue weighted by molar-refractivity contribution is 5.28. The summed E-state index contributed by atoms with van der Waals surface area (Å²) in [5.41, 5.74) is 0.541. The number of nitrogens with one attached hydrogen (secondary N) is 1. The molecule has 0 aromatic heterocycles. The molecular formula is C17H24N2O2. The lowest BCUT2D eigenvalue weighted by atomic mass is 9.79. The van der Waals surface area contributed by atoms with Gasteiger partial charge in [0.05, 0.1) is 5.60 Å². The van der Waals surface area contributed by atoms with Crippen LogP contribution < -0.4 is 10.1 Å². The van der Waals surface area contributed by atoms with Gasteiger partial charge in [-0.05, 0) is 49.3 Å². The minimum absolute atomic E-state index is 0.0643. The molecule has 1 aliphatic carbocycles. The van der Waals surface area contributed by atoms with Gasteiger partial charge in [-0.2, -0.15) is 5.26 Å². The Hall–Kier alpha value is -1.57. The van der Waals surface area contributed by atoms with Crippen molar-refractivity contribution in [2.75, 3.05) is 13.2 Å². The molecule has 0 heterocycles. The molecule has 0 spiro atoms. The maximum atomic E-state index is 10.5. The van der Waals surface area contributed by atoms with Gasteiger partial charge in [0.25, 0.3) is 0 Å². The van der Waals surface area contributed by atoms with Crippen molar-refractivity contribution in [2.24, 2.45) is 5.92 Å². The van der Waals surface area contributed by atoms with Crippen LogP contribution in [0.15, 0.2) is 24.3 Å². The second-order valence-corrected chi connectivity index (χ2v) is 6.10. The molecule has 21 heavy (non-hydrogen) atoms. The van der Waals surface area contributed by atoms with E-state index in [0.717, 1.165) is 37.2 Å². The summed E-state index contributed by atoms with van der Waals surface area (Å²) in [6.45, 7) is 3.64. The first-order valence-corrected chi connectivity index (χ1v) is 7.63. The maximum Gasteiger partial charge on any atom is 0.174 e. The minimum Gasteiger partial charge on any atom is -0.479 e. The topological polar surface area (TPSA) is 65.3 Å². The second-order valence-electron chi connectivity index (χ2n) is 6.10. The third kappa shape index (κ3) is 5.04. The van der Waals surface area contributed by atoms with E-state index in [1.54, 1.807) is 0 Å². The third-order valence-electron chi connectivity index (χ3n) is 4.19. The molecular weight excluding hydrogens is 264 g/mol. The smallest absolute Gasteiger partial charge is 0.174 e. The Morgan fingerprint density at radius 3 is 2.90 bits per heavy atom. The normalized spacial score (nSPS) is 25.3. The molecule has 2 rings (SSSR count). The maximum absolute atomic E-state index is 10.5. The molecule has 4 nitrogen and oxygen atoms in total. The average molecular weight is 288 g/mol. The Bertz CT molecular complexity index is 488. The van der Waals surface area contributed by atoms with Crippen LogP contribution in [0.5, 0.6) is 5.75 Å². The number of ether oxygens (including phenoxy) is 1. The summed E-state index contributed by atoms with van der Waals surface area (Å²) in [7, 11) is 0. The number of hydrogen-bond donors (Lipinski definition) is 2. The molecule has 0 amide bonds. The number of nitrogens with zero attached hydrogens (tertiary/aromatic N) is 1. The number of aliphatic hydroxyl groups is 1. The molecule has 2 N–H and O–H groups in total. The first-order valence-electron chi connectivity index (χ1n) is 7.63. The van der Waals surface area contributed by atoms with Crippen molar-refractivity contribution in [3.63, 3.8) is 0 Å². The van der Waals surface area contributed by atoms with Gasteiger partial charge >= 0.3 is 0 Å². The monoisotopic (exact) mass is 288 g/mol. The molecule has 114 valence electrons. The number of nitriles is 1. The SMILES string of the molecule is CC1CCC(O)(CNCc2cccc(OCC#N)c2)CC1. The average Bonchev–Trinajstić information content (AvgIpc) is 2.49. The zero-order chi connectivity index (χ0) is 15.1. The Morgan fingerprint density at radius 2 is 2.19 bits per heavy atom. The van der Waals surface area contributed by atoms with Crippen LogP contribution in [0.25, 0.3) is 0 Å². The van der Waals surface area contributed by atoms with Gasteiger partial charge < -0.3 is 15.2 Å². The summed E-state index contributed by atoms with van der Waals surface area (Å²) in [6.07, 6.45) is 3.98. The van der Waals surface area contributed by atoms with Gasteiger partial charge in [-0.25, -0.2) is 0 Å². The van der Waals surface area contributed by atoms with Crippen molar-refractivity contribution in [1.29, 1.82) is 5.26 Å². The number of benzene rings is 1. The van der Waals surface area contributed by atoms with Gasteiger partial charge in [-0.1, -0.05) is 19.1 Å². The van der Waals surface area contributed by atoms with E-state index in [-0.39, 0.29) is 6.61 Å². The quantitative estimate of drug-likeness (QED) is 0.844. The van der Waals surface area contributed by atoms with E-state index in [4.69, 9.17) is 10.00 Å². The molecule has 1 aromatic rings. The minimum atomic E-state index is -0.554. The fourth-order valence-corrected chi connectivity index (χ4v) is 2.78. The van der Waals surface area contributed by atoms with Gasteiger partial charge in [0.1, 0.15) is 11.8 Å². The third-order valence-corrected chi connectivity index (χ3v) is 4.19. The summed E-state index contributed by atoms with van der Waals surface area (Å²) in [6, 6.07) is 9.66. The zero-order valence-electron chi connectivity index (χ0n) is 12.6. The van der Waals surface area contributed by atoms with Crippen LogP contribution in [0, 0.1) is 17.2 Å². The standard InChI is InChI=1S/C17H24N2O2/c1-14-5-7-17(20,8-6-14)13-19-12-15-3-2-4-16(11-15)21-10-9-18/h2-4,11,14,19-20H,5-8,10,12-13H2,1H3. The summed E-state index contributed by atoms with van der Waals surface area (Å²) < 4.78 is 5.29. The Morgan fingerprint density at radius 1 is 1.43 bits per heavy atom. The fourth-order valence-electron chi connectivity index (χ4n) is 2.78. The molecule has 4 heteroatoms. The van der Waals surface area contributed by atoms with E-state index >= 15 is 0 Å². The van der Waals surface area contributed by atoms with Gasteiger partial charge in [0.2, 0.25) is 0 Å². The van der Waals surface area contributed by atoms with Crippen LogP contribution in [0.4, 0.5) is 0 Å². The van der Waals surface area contributed by atoms with Crippen LogP contribution in [-0.2, 0) is 6.54 Å². The predicted octanol–water partition coefficient (Wildman–Crippen LogP) is 2.62. The molecule has 0 atom stereocenters. The fraction of sp³-hybridized carbons (Fsp3) is 0.588. The molecule has 0 aliphatic heterocycles. The van der Waals surface area contributed by atoms with Crippen LogP contribution in [0.1, 0.15) is 38.2 Å². The van der Waals surface area contributed by atoms with Crippen molar-refractivity contribution in [2.45, 2.75) is 44.8 Å². The van der Waals surface area contributed by atoms with E-state index in [1.807, 2.05) is 30.3 Å². The zero-order valence-corrected chi connectivity index (χ0v) is 12.6. The van der Waals surface area contributed by atoms with E-state index in [0.29, 0.717) is 18.8 Å². The number of rotatable bonds is 6. The predicted molar refractivity (Wildman–Crippen MR) is 81.8 cm³/mol. The van der Waals surface area contributed by atoms with Crippen molar-refractivity contribution in [3.05, 3.63) is 29.8 Å². The summed E-state index contributed by atoms with van der Waals surface area (Å²) in [5, 5.41) is 22.4. The van der Waals surface area contributed by atoms with Gasteiger partial charge in [0, 0.05) is 13.1 Å². The highest BCUT2D eigenvalue weighted by Gasteiger charge is 2.31. The molecule has 1 aliphatic rings. The summed E-state index contributed by atoms with van der Waals surface area (Å²) in [5.74, 6) is 1.44. The molecule has 1 saturated carbocycles. The first kappa shape index (κ1) is 15.8. The van der Waals surface area contributed by atoms with Crippen molar-refractivity contribution in [3.8, 4) is 11.8 Å². The largest absolute Gasteiger partial charge is 0.479 e. The van der Waals surface area contributed by atoms with Gasteiger partial charge in [-0.3, -0.25) is 0 Å². The van der Waals surface area contributed by atoms with Gasteiger partial charge in [-0.15, -0.1) is 0 Å². The molecule has 1 fully saturated rings. The molecule has 0 saturated heterocycles. The van der Waals surface area contributed by atoms with Crippen LogP contribution in [-0.4, -0.2) is 23.9 Å². The van der Waals surface area contributed by atoms with Crippen molar-refractivity contribution < 1.29 is 9.84 Å².